The van der Waals surface area contributed by atoms with E-state index in [4.69, 9.17) is 5.26 Å². The van der Waals surface area contributed by atoms with E-state index in [0.717, 1.165) is 24.0 Å². The van der Waals surface area contributed by atoms with Crippen LogP contribution >= 0.6 is 0 Å². The first-order valence-corrected chi connectivity index (χ1v) is 7.68. The number of amides is 1. The van der Waals surface area contributed by atoms with Crippen molar-refractivity contribution in [3.05, 3.63) is 71.0 Å². The third kappa shape index (κ3) is 3.95. The summed E-state index contributed by atoms with van der Waals surface area (Å²) in [5.41, 5.74) is 2.35. The van der Waals surface area contributed by atoms with Crippen LogP contribution in [-0.2, 0) is 17.9 Å². The minimum absolute atomic E-state index is 0.113. The lowest BCUT2D eigenvalue weighted by Crippen LogP contribution is -2.31. The van der Waals surface area contributed by atoms with Crippen LogP contribution in [0.5, 0.6) is 0 Å². The Bertz CT molecular complexity index is 745. The number of hydrogen-bond donors (Lipinski definition) is 0. The smallest absolute Gasteiger partial charge is 0.226 e. The van der Waals surface area contributed by atoms with Crippen LogP contribution in [0.2, 0.25) is 0 Å². The van der Waals surface area contributed by atoms with Crippen molar-refractivity contribution < 1.29 is 9.18 Å². The minimum Gasteiger partial charge on any atom is -0.334 e. The number of carbonyl (C=O) groups is 1. The average Bonchev–Trinajstić information content (AvgIpc) is 3.39. The molecule has 2 aromatic rings. The van der Waals surface area contributed by atoms with E-state index >= 15 is 0 Å². The molecule has 1 amide bonds. The predicted octanol–water partition coefficient (Wildman–Crippen LogP) is 3.64. The van der Waals surface area contributed by atoms with Gasteiger partial charge in [-0.1, -0.05) is 24.3 Å². The molecular formula is C19H17FN2O. The number of carbonyl (C=O) groups excluding carboxylic acids is 1. The molecule has 0 N–H and O–H groups in total. The maximum Gasteiger partial charge on any atom is 0.226 e. The molecule has 2 aromatic carbocycles. The second kappa shape index (κ2) is 6.62. The summed E-state index contributed by atoms with van der Waals surface area (Å²) in [6.45, 7) is 0.866. The lowest BCUT2D eigenvalue weighted by atomic mass is 10.1. The molecular weight excluding hydrogens is 291 g/mol. The minimum atomic E-state index is -0.292. The predicted molar refractivity (Wildman–Crippen MR) is 84.5 cm³/mol. The van der Waals surface area contributed by atoms with E-state index in [9.17, 15) is 9.18 Å². The Balaban J connectivity index is 1.77. The molecule has 116 valence electrons. The Morgan fingerprint density at radius 2 is 1.83 bits per heavy atom. The fourth-order valence-electron chi connectivity index (χ4n) is 2.56. The second-order valence-electron chi connectivity index (χ2n) is 5.91. The largest absolute Gasteiger partial charge is 0.334 e. The molecule has 3 rings (SSSR count). The molecule has 1 aliphatic rings. The van der Waals surface area contributed by atoms with Crippen molar-refractivity contribution in [2.45, 2.75) is 25.9 Å². The first-order chi connectivity index (χ1) is 11.2. The van der Waals surface area contributed by atoms with E-state index < -0.39 is 0 Å². The van der Waals surface area contributed by atoms with Crippen molar-refractivity contribution in [1.29, 1.82) is 5.26 Å². The average molecular weight is 308 g/mol. The highest BCUT2D eigenvalue weighted by atomic mass is 19.1. The van der Waals surface area contributed by atoms with Crippen LogP contribution < -0.4 is 0 Å². The molecule has 0 saturated heterocycles. The summed E-state index contributed by atoms with van der Waals surface area (Å²) >= 11 is 0. The van der Waals surface area contributed by atoms with Gasteiger partial charge in [-0.15, -0.1) is 0 Å². The van der Waals surface area contributed by atoms with Gasteiger partial charge in [0.25, 0.3) is 0 Å². The lowest BCUT2D eigenvalue weighted by Gasteiger charge is -2.23. The normalized spacial score (nSPS) is 13.4. The van der Waals surface area contributed by atoms with E-state index in [2.05, 4.69) is 6.07 Å². The summed E-state index contributed by atoms with van der Waals surface area (Å²) in [7, 11) is 0. The Morgan fingerprint density at radius 1 is 1.13 bits per heavy atom. The molecule has 1 aliphatic carbocycles. The lowest BCUT2D eigenvalue weighted by molar-refractivity contribution is -0.133. The maximum absolute atomic E-state index is 13.4. The van der Waals surface area contributed by atoms with Crippen LogP contribution in [0.25, 0.3) is 0 Å². The summed E-state index contributed by atoms with van der Waals surface area (Å²) in [5.74, 6) is -0.0553. The Morgan fingerprint density at radius 3 is 2.43 bits per heavy atom. The van der Waals surface area contributed by atoms with Crippen molar-refractivity contribution in [2.75, 3.05) is 0 Å². The zero-order valence-electron chi connectivity index (χ0n) is 12.7. The van der Waals surface area contributed by atoms with Gasteiger partial charge < -0.3 is 4.90 Å². The van der Waals surface area contributed by atoms with Gasteiger partial charge in [0.2, 0.25) is 5.91 Å². The van der Waals surface area contributed by atoms with Crippen molar-refractivity contribution in [1.82, 2.24) is 4.90 Å². The molecule has 0 spiro atoms. The van der Waals surface area contributed by atoms with Crippen LogP contribution in [0.3, 0.4) is 0 Å². The second-order valence-corrected chi connectivity index (χ2v) is 5.91. The maximum atomic E-state index is 13.4. The van der Waals surface area contributed by atoms with Crippen LogP contribution in [0.1, 0.15) is 29.5 Å². The van der Waals surface area contributed by atoms with Gasteiger partial charge in [-0.25, -0.2) is 4.39 Å². The highest BCUT2D eigenvalue weighted by molar-refractivity contribution is 5.81. The number of halogens is 1. The fraction of sp³-hybridized carbons (Fsp3) is 0.263. The topological polar surface area (TPSA) is 44.1 Å². The summed E-state index contributed by atoms with van der Waals surface area (Å²) in [6, 6.07) is 15.6. The molecule has 1 saturated carbocycles. The standard InChI is InChI=1S/C19H17FN2O/c20-18-3-1-2-16(10-18)13-22(19(23)17-8-9-17)12-15-6-4-14(11-21)5-7-15/h1-7,10,17H,8-9,12-13H2. The summed E-state index contributed by atoms with van der Waals surface area (Å²) in [4.78, 5) is 14.3. The van der Waals surface area contributed by atoms with Crippen molar-refractivity contribution in [3.8, 4) is 6.07 Å². The molecule has 1 fully saturated rings. The fourth-order valence-corrected chi connectivity index (χ4v) is 2.56. The van der Waals surface area contributed by atoms with Crippen molar-refractivity contribution >= 4 is 5.91 Å². The zero-order chi connectivity index (χ0) is 16.2. The number of hydrogen-bond acceptors (Lipinski definition) is 2. The summed E-state index contributed by atoms with van der Waals surface area (Å²) in [6.07, 6.45) is 1.87. The Hall–Kier alpha value is -2.67. The molecule has 0 bridgehead atoms. The van der Waals surface area contributed by atoms with E-state index in [1.54, 1.807) is 23.1 Å². The molecule has 23 heavy (non-hydrogen) atoms. The van der Waals surface area contributed by atoms with E-state index in [1.165, 1.54) is 12.1 Å². The molecule has 3 nitrogen and oxygen atoms in total. The molecule has 0 unspecified atom stereocenters. The van der Waals surface area contributed by atoms with Crippen LogP contribution in [-0.4, -0.2) is 10.8 Å². The monoisotopic (exact) mass is 308 g/mol. The highest BCUT2D eigenvalue weighted by Gasteiger charge is 2.33. The number of nitrogens with zero attached hydrogens (tertiary/aromatic N) is 2. The Kier molecular flexibility index (Phi) is 4.38. The number of nitriles is 1. The van der Waals surface area contributed by atoms with Crippen LogP contribution in [0.15, 0.2) is 48.5 Å². The van der Waals surface area contributed by atoms with Gasteiger partial charge in [-0.2, -0.15) is 5.26 Å². The number of rotatable bonds is 5. The van der Waals surface area contributed by atoms with Gasteiger partial charge in [0, 0.05) is 19.0 Å². The van der Waals surface area contributed by atoms with Gasteiger partial charge >= 0.3 is 0 Å². The highest BCUT2D eigenvalue weighted by Crippen LogP contribution is 2.32. The summed E-state index contributed by atoms with van der Waals surface area (Å²) < 4.78 is 13.4. The van der Waals surface area contributed by atoms with Gasteiger partial charge in [-0.05, 0) is 48.2 Å². The quantitative estimate of drug-likeness (QED) is 0.846. The number of benzene rings is 2. The third-order valence-corrected chi connectivity index (χ3v) is 3.96. The SMILES string of the molecule is N#Cc1ccc(CN(Cc2cccc(F)c2)C(=O)C2CC2)cc1. The van der Waals surface area contributed by atoms with Gasteiger partial charge in [0.15, 0.2) is 0 Å². The zero-order valence-corrected chi connectivity index (χ0v) is 12.7. The van der Waals surface area contributed by atoms with E-state index in [0.29, 0.717) is 18.7 Å². The van der Waals surface area contributed by atoms with Crippen molar-refractivity contribution in [2.24, 2.45) is 5.92 Å². The van der Waals surface area contributed by atoms with E-state index in [1.807, 2.05) is 18.2 Å². The van der Waals surface area contributed by atoms with Crippen LogP contribution in [0.4, 0.5) is 4.39 Å². The first kappa shape index (κ1) is 15.2. The summed E-state index contributed by atoms with van der Waals surface area (Å²) in [5, 5.41) is 8.85. The molecule has 0 heterocycles. The molecule has 4 heteroatoms. The van der Waals surface area contributed by atoms with Gasteiger partial charge in [-0.3, -0.25) is 4.79 Å². The molecule has 0 aliphatic heterocycles. The molecule has 0 aromatic heterocycles. The van der Waals surface area contributed by atoms with Gasteiger partial charge in [0.1, 0.15) is 5.82 Å². The third-order valence-electron chi connectivity index (χ3n) is 3.96. The molecule has 0 atom stereocenters. The van der Waals surface area contributed by atoms with E-state index in [-0.39, 0.29) is 17.6 Å². The van der Waals surface area contributed by atoms with Crippen molar-refractivity contribution in [3.63, 3.8) is 0 Å². The Labute approximate surface area is 135 Å². The first-order valence-electron chi connectivity index (χ1n) is 7.68. The molecule has 0 radical (unpaired) electrons. The van der Waals surface area contributed by atoms with Crippen LogP contribution in [0, 0.1) is 23.1 Å². The van der Waals surface area contributed by atoms with Gasteiger partial charge in [0.05, 0.1) is 11.6 Å².